The zero-order valence-corrected chi connectivity index (χ0v) is 12.1. The van der Waals surface area contributed by atoms with Gasteiger partial charge in [-0.1, -0.05) is 25.1 Å². The summed E-state index contributed by atoms with van der Waals surface area (Å²) < 4.78 is 0. The maximum Gasteiger partial charge on any atom is 0.139 e. The van der Waals surface area contributed by atoms with E-state index in [-0.39, 0.29) is 6.61 Å². The summed E-state index contributed by atoms with van der Waals surface area (Å²) in [5.74, 6) is 0.827. The molecule has 0 unspecified atom stereocenters. The molecule has 0 aromatic carbocycles. The summed E-state index contributed by atoms with van der Waals surface area (Å²) in [4.78, 5) is 7.14. The van der Waals surface area contributed by atoms with Gasteiger partial charge >= 0.3 is 0 Å². The van der Waals surface area contributed by atoms with Crippen LogP contribution in [-0.4, -0.2) is 34.3 Å². The van der Waals surface area contributed by atoms with Crippen molar-refractivity contribution in [1.82, 2.24) is 4.98 Å². The van der Waals surface area contributed by atoms with Crippen molar-refractivity contribution in [3.05, 3.63) is 23.4 Å². The Morgan fingerprint density at radius 1 is 1.47 bits per heavy atom. The van der Waals surface area contributed by atoms with Gasteiger partial charge in [0.15, 0.2) is 0 Å². The fourth-order valence-electron chi connectivity index (χ4n) is 2.74. The summed E-state index contributed by atoms with van der Waals surface area (Å²) in [5.41, 5.74) is 7.55. The highest BCUT2D eigenvalue weighted by Gasteiger charge is 2.25. The molecule has 19 heavy (non-hydrogen) atoms. The lowest BCUT2D eigenvalue weighted by molar-refractivity contribution is 0.297. The van der Waals surface area contributed by atoms with Gasteiger partial charge in [-0.2, -0.15) is 0 Å². The lowest BCUT2D eigenvalue weighted by atomic mass is 10.1. The smallest absolute Gasteiger partial charge is 0.139 e. The predicted octanol–water partition coefficient (Wildman–Crippen LogP) is 1.77. The first-order valence-electron chi connectivity index (χ1n) is 6.78. The number of nitrogens with zero attached hydrogens (tertiary/aromatic N) is 2. The molecule has 1 aliphatic rings. The molecule has 1 saturated carbocycles. The molecule has 0 atom stereocenters. The van der Waals surface area contributed by atoms with Crippen molar-refractivity contribution in [3.63, 3.8) is 0 Å². The van der Waals surface area contributed by atoms with E-state index in [9.17, 15) is 5.11 Å². The zero-order chi connectivity index (χ0) is 13.8. The first-order chi connectivity index (χ1) is 9.13. The number of nitrogens with two attached hydrogens (primary N) is 1. The topological polar surface area (TPSA) is 62.4 Å². The van der Waals surface area contributed by atoms with Crippen LogP contribution in [0.15, 0.2) is 12.1 Å². The maximum atomic E-state index is 9.32. The molecule has 0 bridgehead atoms. The van der Waals surface area contributed by atoms with Gasteiger partial charge in [-0.25, -0.2) is 4.98 Å². The van der Waals surface area contributed by atoms with E-state index >= 15 is 0 Å². The van der Waals surface area contributed by atoms with E-state index in [0.717, 1.165) is 29.9 Å². The third kappa shape index (κ3) is 3.22. The molecule has 0 saturated heterocycles. The highest BCUT2D eigenvalue weighted by molar-refractivity contribution is 7.80. The summed E-state index contributed by atoms with van der Waals surface area (Å²) in [6.07, 6.45) is 4.76. The van der Waals surface area contributed by atoms with Crippen LogP contribution in [0, 0.1) is 6.92 Å². The Hall–Kier alpha value is -1.20. The Bertz CT molecular complexity index is 458. The van der Waals surface area contributed by atoms with Gasteiger partial charge in [0.2, 0.25) is 0 Å². The number of hydrogen-bond acceptors (Lipinski definition) is 4. The van der Waals surface area contributed by atoms with E-state index in [1.807, 2.05) is 19.1 Å². The van der Waals surface area contributed by atoms with Crippen LogP contribution in [0.4, 0.5) is 5.82 Å². The van der Waals surface area contributed by atoms with Crippen molar-refractivity contribution in [2.45, 2.75) is 38.6 Å². The number of aliphatic hydroxyl groups excluding tert-OH is 1. The summed E-state index contributed by atoms with van der Waals surface area (Å²) in [6.45, 7) is 2.65. The number of pyridine rings is 1. The molecule has 0 amide bonds. The van der Waals surface area contributed by atoms with Crippen molar-refractivity contribution in [2.75, 3.05) is 18.1 Å². The average Bonchev–Trinajstić information content (AvgIpc) is 2.89. The zero-order valence-electron chi connectivity index (χ0n) is 11.3. The van der Waals surface area contributed by atoms with Gasteiger partial charge in [-0.05, 0) is 31.9 Å². The highest BCUT2D eigenvalue weighted by Crippen LogP contribution is 2.29. The Morgan fingerprint density at radius 2 is 2.16 bits per heavy atom. The van der Waals surface area contributed by atoms with Gasteiger partial charge in [0.25, 0.3) is 0 Å². The fourth-order valence-corrected chi connectivity index (χ4v) is 2.90. The van der Waals surface area contributed by atoms with E-state index in [1.165, 1.54) is 12.8 Å². The minimum atomic E-state index is 0.114. The molecular formula is C14H21N3OS. The summed E-state index contributed by atoms with van der Waals surface area (Å²) in [5, 5.41) is 9.32. The second-order valence-electron chi connectivity index (χ2n) is 5.04. The number of thiocarbonyl (C=S) groups is 1. The first kappa shape index (κ1) is 14.2. The second kappa shape index (κ2) is 6.30. The minimum absolute atomic E-state index is 0.114. The normalized spacial score (nSPS) is 15.7. The number of anilines is 1. The van der Waals surface area contributed by atoms with Crippen molar-refractivity contribution in [1.29, 1.82) is 0 Å². The highest BCUT2D eigenvalue weighted by atomic mass is 32.1. The van der Waals surface area contributed by atoms with Crippen molar-refractivity contribution < 1.29 is 5.11 Å². The molecule has 1 aromatic heterocycles. The van der Waals surface area contributed by atoms with Gasteiger partial charge in [0, 0.05) is 18.3 Å². The van der Waals surface area contributed by atoms with Gasteiger partial charge in [0.1, 0.15) is 10.8 Å². The first-order valence-corrected chi connectivity index (χ1v) is 7.19. The maximum absolute atomic E-state index is 9.32. The number of aromatic nitrogens is 1. The van der Waals surface area contributed by atoms with Crippen molar-refractivity contribution in [3.8, 4) is 0 Å². The van der Waals surface area contributed by atoms with Crippen LogP contribution in [0.5, 0.6) is 0 Å². The van der Waals surface area contributed by atoms with E-state index in [1.54, 1.807) is 0 Å². The minimum Gasteiger partial charge on any atom is -0.395 e. The standard InChI is InChI=1S/C14H21N3OS/c1-10-6-7-12(13(15)19)14(16-10)17(8-9-18)11-4-2-3-5-11/h6-7,11,18H,2-5,8-9H2,1H3,(H2,15,19). The largest absolute Gasteiger partial charge is 0.395 e. The molecule has 0 spiro atoms. The SMILES string of the molecule is Cc1ccc(C(N)=S)c(N(CCO)C2CCCC2)n1. The van der Waals surface area contributed by atoms with Crippen LogP contribution in [0.3, 0.4) is 0 Å². The molecule has 3 N–H and O–H groups in total. The Kier molecular flexibility index (Phi) is 4.71. The molecule has 1 fully saturated rings. The van der Waals surface area contributed by atoms with Crippen LogP contribution in [0.1, 0.15) is 36.9 Å². The Morgan fingerprint density at radius 3 is 2.74 bits per heavy atom. The number of aliphatic hydroxyl groups is 1. The molecule has 104 valence electrons. The van der Waals surface area contributed by atoms with Crippen LogP contribution in [0.2, 0.25) is 0 Å². The molecule has 1 heterocycles. The molecule has 5 heteroatoms. The number of hydrogen-bond donors (Lipinski definition) is 2. The summed E-state index contributed by atoms with van der Waals surface area (Å²) >= 11 is 5.12. The number of rotatable bonds is 5. The van der Waals surface area contributed by atoms with Crippen molar-refractivity contribution in [2.24, 2.45) is 5.73 Å². The predicted molar refractivity (Wildman–Crippen MR) is 81.5 cm³/mol. The average molecular weight is 279 g/mol. The van der Waals surface area contributed by atoms with Crippen LogP contribution in [-0.2, 0) is 0 Å². The molecule has 4 nitrogen and oxygen atoms in total. The van der Waals surface area contributed by atoms with E-state index in [0.29, 0.717) is 17.6 Å². The van der Waals surface area contributed by atoms with Crippen LogP contribution < -0.4 is 10.6 Å². The molecular weight excluding hydrogens is 258 g/mol. The van der Waals surface area contributed by atoms with E-state index in [2.05, 4.69) is 9.88 Å². The fraction of sp³-hybridized carbons (Fsp3) is 0.571. The van der Waals surface area contributed by atoms with Gasteiger partial charge in [-0.3, -0.25) is 0 Å². The third-order valence-corrected chi connectivity index (χ3v) is 3.88. The molecule has 2 rings (SSSR count). The van der Waals surface area contributed by atoms with Crippen LogP contribution >= 0.6 is 12.2 Å². The quantitative estimate of drug-likeness (QED) is 0.804. The molecule has 0 radical (unpaired) electrons. The van der Waals surface area contributed by atoms with Crippen molar-refractivity contribution >= 4 is 23.0 Å². The Labute approximate surface area is 119 Å². The van der Waals surface area contributed by atoms with Gasteiger partial charge in [0.05, 0.1) is 12.2 Å². The lowest BCUT2D eigenvalue weighted by Gasteiger charge is -2.31. The summed E-state index contributed by atoms with van der Waals surface area (Å²) in [6, 6.07) is 4.29. The van der Waals surface area contributed by atoms with E-state index < -0.39 is 0 Å². The lowest BCUT2D eigenvalue weighted by Crippen LogP contribution is -2.38. The third-order valence-electron chi connectivity index (χ3n) is 3.66. The molecule has 0 aliphatic heterocycles. The molecule has 1 aromatic rings. The monoisotopic (exact) mass is 279 g/mol. The number of aryl methyl sites for hydroxylation is 1. The van der Waals surface area contributed by atoms with Gasteiger partial charge in [-0.15, -0.1) is 0 Å². The Balaban J connectivity index is 2.39. The second-order valence-corrected chi connectivity index (χ2v) is 5.48. The van der Waals surface area contributed by atoms with Crippen LogP contribution in [0.25, 0.3) is 0 Å². The van der Waals surface area contributed by atoms with Gasteiger partial charge < -0.3 is 15.7 Å². The molecule has 1 aliphatic carbocycles. The summed E-state index contributed by atoms with van der Waals surface area (Å²) in [7, 11) is 0. The van der Waals surface area contributed by atoms with E-state index in [4.69, 9.17) is 18.0 Å².